The molecule has 1 aliphatic carbocycles. The van der Waals surface area contributed by atoms with Gasteiger partial charge in [-0.05, 0) is 49.4 Å². The minimum Gasteiger partial charge on any atom is -0.330 e. The van der Waals surface area contributed by atoms with Crippen molar-refractivity contribution >= 4 is 10.0 Å². The van der Waals surface area contributed by atoms with Crippen molar-refractivity contribution in [2.75, 3.05) is 13.1 Å². The van der Waals surface area contributed by atoms with Gasteiger partial charge in [0.05, 0.1) is 4.90 Å². The van der Waals surface area contributed by atoms with Crippen LogP contribution in [0.5, 0.6) is 0 Å². The number of nitrogens with one attached hydrogen (secondary N) is 1. The molecule has 5 heteroatoms. The molecule has 0 amide bonds. The molecule has 1 aromatic rings. The van der Waals surface area contributed by atoms with Gasteiger partial charge >= 0.3 is 0 Å². The molecule has 0 aliphatic heterocycles. The van der Waals surface area contributed by atoms with E-state index in [1.807, 2.05) is 13.0 Å². The molecule has 1 aromatic carbocycles. The van der Waals surface area contributed by atoms with Gasteiger partial charge in [0, 0.05) is 6.54 Å². The Bertz CT molecular complexity index is 534. The molecule has 1 fully saturated rings. The van der Waals surface area contributed by atoms with Crippen LogP contribution >= 0.6 is 0 Å². The van der Waals surface area contributed by atoms with Gasteiger partial charge in [0.15, 0.2) is 0 Å². The summed E-state index contributed by atoms with van der Waals surface area (Å²) in [5.41, 5.74) is 6.72. The van der Waals surface area contributed by atoms with Crippen LogP contribution in [0.2, 0.25) is 0 Å². The number of sulfonamides is 1. The van der Waals surface area contributed by atoms with Crippen LogP contribution in [-0.2, 0) is 10.0 Å². The van der Waals surface area contributed by atoms with Crippen molar-refractivity contribution in [3.05, 3.63) is 29.8 Å². The molecule has 4 nitrogen and oxygen atoms in total. The first-order valence-corrected chi connectivity index (χ1v) is 8.22. The van der Waals surface area contributed by atoms with Crippen LogP contribution in [0.4, 0.5) is 0 Å². The topological polar surface area (TPSA) is 72.2 Å². The molecular weight excluding hydrogens is 260 g/mol. The third kappa shape index (κ3) is 3.35. The summed E-state index contributed by atoms with van der Waals surface area (Å²) >= 11 is 0. The zero-order chi connectivity index (χ0) is 13.9. The third-order valence-corrected chi connectivity index (χ3v) is 5.43. The number of rotatable bonds is 5. The van der Waals surface area contributed by atoms with Gasteiger partial charge in [-0.2, -0.15) is 0 Å². The summed E-state index contributed by atoms with van der Waals surface area (Å²) in [6.45, 7) is 2.88. The maximum atomic E-state index is 12.2. The lowest BCUT2D eigenvalue weighted by Crippen LogP contribution is -2.40. The molecule has 3 N–H and O–H groups in total. The van der Waals surface area contributed by atoms with Crippen LogP contribution < -0.4 is 10.5 Å². The van der Waals surface area contributed by atoms with E-state index in [2.05, 4.69) is 4.72 Å². The fourth-order valence-corrected chi connectivity index (χ4v) is 3.95. The van der Waals surface area contributed by atoms with E-state index in [1.54, 1.807) is 18.2 Å². The lowest BCUT2D eigenvalue weighted by molar-refractivity contribution is 0.309. The maximum absolute atomic E-state index is 12.2. The van der Waals surface area contributed by atoms with Crippen LogP contribution in [0, 0.1) is 12.3 Å². The number of nitrogens with two attached hydrogens (primary N) is 1. The van der Waals surface area contributed by atoms with E-state index in [-0.39, 0.29) is 5.41 Å². The Balaban J connectivity index is 2.09. The van der Waals surface area contributed by atoms with E-state index in [4.69, 9.17) is 5.73 Å². The third-order valence-electron chi connectivity index (χ3n) is 4.03. The van der Waals surface area contributed by atoms with E-state index in [0.29, 0.717) is 18.0 Å². The first-order valence-electron chi connectivity index (χ1n) is 6.74. The molecule has 19 heavy (non-hydrogen) atoms. The predicted octanol–water partition coefficient (Wildman–Crippen LogP) is 1.79. The zero-order valence-corrected chi connectivity index (χ0v) is 12.2. The van der Waals surface area contributed by atoms with Gasteiger partial charge in [-0.1, -0.05) is 25.0 Å². The van der Waals surface area contributed by atoms with Gasteiger partial charge in [-0.15, -0.1) is 0 Å². The van der Waals surface area contributed by atoms with E-state index in [9.17, 15) is 8.42 Å². The number of benzene rings is 1. The summed E-state index contributed by atoms with van der Waals surface area (Å²) in [6, 6.07) is 6.96. The first kappa shape index (κ1) is 14.5. The molecule has 0 aromatic heterocycles. The van der Waals surface area contributed by atoms with Gasteiger partial charge < -0.3 is 5.73 Å². The van der Waals surface area contributed by atoms with Gasteiger partial charge in [-0.3, -0.25) is 0 Å². The number of aryl methyl sites for hydroxylation is 1. The second kappa shape index (κ2) is 5.61. The van der Waals surface area contributed by atoms with Gasteiger partial charge in [0.25, 0.3) is 0 Å². The van der Waals surface area contributed by atoms with Crippen LogP contribution in [0.15, 0.2) is 29.2 Å². The Kier molecular flexibility index (Phi) is 4.28. The van der Waals surface area contributed by atoms with Crippen molar-refractivity contribution in [2.24, 2.45) is 11.1 Å². The molecule has 0 heterocycles. The molecular formula is C14H22N2O2S. The molecule has 0 atom stereocenters. The molecule has 0 unspecified atom stereocenters. The minimum atomic E-state index is -3.42. The average molecular weight is 282 g/mol. The van der Waals surface area contributed by atoms with Crippen LogP contribution in [0.3, 0.4) is 0 Å². The average Bonchev–Trinajstić information content (AvgIpc) is 2.86. The van der Waals surface area contributed by atoms with E-state index in [0.717, 1.165) is 31.2 Å². The largest absolute Gasteiger partial charge is 0.330 e. The molecule has 0 bridgehead atoms. The summed E-state index contributed by atoms with van der Waals surface area (Å²) in [7, 11) is -3.42. The van der Waals surface area contributed by atoms with Gasteiger partial charge in [-0.25, -0.2) is 13.1 Å². The minimum absolute atomic E-state index is 0.0447. The molecule has 0 saturated heterocycles. The maximum Gasteiger partial charge on any atom is 0.240 e. The molecule has 0 radical (unpaired) electrons. The summed E-state index contributed by atoms with van der Waals surface area (Å²) in [4.78, 5) is 0.331. The summed E-state index contributed by atoms with van der Waals surface area (Å²) in [5.74, 6) is 0. The molecule has 2 rings (SSSR count). The van der Waals surface area contributed by atoms with Crippen LogP contribution in [0.1, 0.15) is 31.2 Å². The van der Waals surface area contributed by atoms with Crippen LogP contribution in [-0.4, -0.2) is 21.5 Å². The van der Waals surface area contributed by atoms with Crippen molar-refractivity contribution in [2.45, 2.75) is 37.5 Å². The molecule has 1 saturated carbocycles. The molecule has 106 valence electrons. The lowest BCUT2D eigenvalue weighted by Gasteiger charge is -2.27. The van der Waals surface area contributed by atoms with Crippen molar-refractivity contribution in [3.8, 4) is 0 Å². The SMILES string of the molecule is Cc1cccc(S(=O)(=O)NCC2(CN)CCCC2)c1. The smallest absolute Gasteiger partial charge is 0.240 e. The normalized spacial score (nSPS) is 18.6. The highest BCUT2D eigenvalue weighted by Gasteiger charge is 2.33. The molecule has 0 spiro atoms. The van der Waals surface area contributed by atoms with Crippen molar-refractivity contribution < 1.29 is 8.42 Å². The lowest BCUT2D eigenvalue weighted by atomic mass is 9.87. The van der Waals surface area contributed by atoms with Crippen LogP contribution in [0.25, 0.3) is 0 Å². The highest BCUT2D eigenvalue weighted by Crippen LogP contribution is 2.36. The quantitative estimate of drug-likeness (QED) is 0.865. The first-order chi connectivity index (χ1) is 8.97. The Morgan fingerprint density at radius 2 is 2.00 bits per heavy atom. The monoisotopic (exact) mass is 282 g/mol. The summed E-state index contributed by atoms with van der Waals surface area (Å²) in [5, 5.41) is 0. The Morgan fingerprint density at radius 3 is 2.58 bits per heavy atom. The fraction of sp³-hybridized carbons (Fsp3) is 0.571. The van der Waals surface area contributed by atoms with Crippen molar-refractivity contribution in [1.82, 2.24) is 4.72 Å². The summed E-state index contributed by atoms with van der Waals surface area (Å²) in [6.07, 6.45) is 4.31. The van der Waals surface area contributed by atoms with Gasteiger partial charge in [0.2, 0.25) is 10.0 Å². The zero-order valence-electron chi connectivity index (χ0n) is 11.4. The van der Waals surface area contributed by atoms with E-state index < -0.39 is 10.0 Å². The standard InChI is InChI=1S/C14H22N2O2S/c1-12-5-4-6-13(9-12)19(17,18)16-11-14(10-15)7-2-3-8-14/h4-6,9,16H,2-3,7-8,10-11,15H2,1H3. The number of hydrogen-bond donors (Lipinski definition) is 2. The highest BCUT2D eigenvalue weighted by atomic mass is 32.2. The van der Waals surface area contributed by atoms with E-state index >= 15 is 0 Å². The Morgan fingerprint density at radius 1 is 1.32 bits per heavy atom. The van der Waals surface area contributed by atoms with Crippen molar-refractivity contribution in [3.63, 3.8) is 0 Å². The number of hydrogen-bond acceptors (Lipinski definition) is 3. The summed E-state index contributed by atoms with van der Waals surface area (Å²) < 4.78 is 27.2. The second-order valence-corrected chi connectivity index (χ2v) is 7.32. The van der Waals surface area contributed by atoms with E-state index in [1.165, 1.54) is 0 Å². The van der Waals surface area contributed by atoms with Crippen molar-refractivity contribution in [1.29, 1.82) is 0 Å². The highest BCUT2D eigenvalue weighted by molar-refractivity contribution is 7.89. The second-order valence-electron chi connectivity index (χ2n) is 5.55. The van der Waals surface area contributed by atoms with Gasteiger partial charge in [0.1, 0.15) is 0 Å². The molecule has 1 aliphatic rings. The Labute approximate surface area is 115 Å². The fourth-order valence-electron chi connectivity index (χ4n) is 2.69. The Hall–Kier alpha value is -0.910. The predicted molar refractivity (Wildman–Crippen MR) is 76.3 cm³/mol.